The summed E-state index contributed by atoms with van der Waals surface area (Å²) >= 11 is 0. The first-order valence-corrected chi connectivity index (χ1v) is 4.88. The van der Waals surface area contributed by atoms with Crippen molar-refractivity contribution in [1.29, 1.82) is 0 Å². The van der Waals surface area contributed by atoms with Crippen LogP contribution in [0.3, 0.4) is 0 Å². The van der Waals surface area contributed by atoms with E-state index in [1.54, 1.807) is 13.0 Å². The Bertz CT molecular complexity index is 586. The number of aryl methyl sites for hydroxylation is 1. The minimum Gasteiger partial charge on any atom is -0.494 e. The molecule has 17 heavy (non-hydrogen) atoms. The van der Waals surface area contributed by atoms with E-state index in [4.69, 9.17) is 4.74 Å². The summed E-state index contributed by atoms with van der Waals surface area (Å²) in [5, 5.41) is 8.56. The second kappa shape index (κ2) is 4.32. The number of nitrogens with one attached hydrogen (secondary N) is 1. The molecule has 0 atom stereocenters. The van der Waals surface area contributed by atoms with Crippen molar-refractivity contribution in [3.63, 3.8) is 0 Å². The van der Waals surface area contributed by atoms with E-state index in [0.717, 1.165) is 5.54 Å². The Morgan fingerprint density at radius 1 is 1.35 bits per heavy atom. The fraction of sp³-hybridized carbons (Fsp3) is 0.182. The molecule has 0 radical (unpaired) electrons. The van der Waals surface area contributed by atoms with Crippen molar-refractivity contribution in [2.75, 3.05) is 7.11 Å². The Balaban J connectivity index is 2.71. The van der Waals surface area contributed by atoms with Crippen LogP contribution in [0.2, 0.25) is 0 Å². The van der Waals surface area contributed by atoms with Crippen LogP contribution in [0.4, 0.5) is 4.48 Å². The lowest BCUT2D eigenvalue weighted by Crippen LogP contribution is -2.13. The summed E-state index contributed by atoms with van der Waals surface area (Å²) in [5.41, 5.74) is 2.49. The van der Waals surface area contributed by atoms with Gasteiger partial charge in [-0.2, -0.15) is 10.6 Å². The second-order valence-electron chi connectivity index (χ2n) is 3.53. The number of ether oxygens (including phenoxy) is 1. The largest absolute Gasteiger partial charge is 0.494 e. The molecule has 6 heteroatoms. The average molecular weight is 235 g/mol. The van der Waals surface area contributed by atoms with Gasteiger partial charge >= 0.3 is 0 Å². The highest BCUT2D eigenvalue weighted by molar-refractivity contribution is 5.99. The van der Waals surface area contributed by atoms with Crippen LogP contribution < -0.4 is 10.3 Å². The molecule has 0 spiro atoms. The lowest BCUT2D eigenvalue weighted by atomic mass is 10.1. The molecule has 2 aromatic rings. The fourth-order valence-corrected chi connectivity index (χ4v) is 1.57. The Morgan fingerprint density at radius 2 is 2.12 bits per heavy atom. The minimum atomic E-state index is -0.820. The maximum Gasteiger partial charge on any atom is 0.279 e. The van der Waals surface area contributed by atoms with Crippen molar-refractivity contribution in [3.8, 4) is 5.75 Å². The van der Waals surface area contributed by atoms with Gasteiger partial charge in [-0.05, 0) is 25.1 Å². The molecule has 0 aliphatic heterocycles. The molecule has 0 saturated heterocycles. The first-order chi connectivity index (χ1) is 8.15. The summed E-state index contributed by atoms with van der Waals surface area (Å²) in [6, 6.07) is 4.70. The Kier molecular flexibility index (Phi) is 2.86. The first kappa shape index (κ1) is 11.3. The summed E-state index contributed by atoms with van der Waals surface area (Å²) in [4.78, 5) is 11.2. The van der Waals surface area contributed by atoms with Crippen LogP contribution in [0, 0.1) is 6.92 Å². The van der Waals surface area contributed by atoms with E-state index in [9.17, 15) is 9.28 Å². The minimum absolute atomic E-state index is 0.171. The number of carbonyl (C=O) groups is 1. The number of fused-ring (bicyclic) bond motifs is 1. The molecule has 0 aliphatic rings. The summed E-state index contributed by atoms with van der Waals surface area (Å²) in [7, 11) is 1.45. The number of amides is 1. The predicted molar refractivity (Wildman–Crippen MR) is 59.4 cm³/mol. The smallest absolute Gasteiger partial charge is 0.279 e. The van der Waals surface area contributed by atoms with E-state index >= 15 is 0 Å². The van der Waals surface area contributed by atoms with Gasteiger partial charge in [0.25, 0.3) is 5.91 Å². The third-order valence-corrected chi connectivity index (χ3v) is 2.34. The number of aromatic nitrogens is 2. The zero-order chi connectivity index (χ0) is 12.4. The maximum atomic E-state index is 12.1. The number of rotatable bonds is 2. The first-order valence-electron chi connectivity index (χ1n) is 4.88. The van der Waals surface area contributed by atoms with E-state index in [1.165, 1.54) is 19.2 Å². The highest BCUT2D eigenvalue weighted by Gasteiger charge is 2.12. The highest BCUT2D eigenvalue weighted by Crippen LogP contribution is 2.25. The summed E-state index contributed by atoms with van der Waals surface area (Å²) in [6.07, 6.45) is 0. The highest BCUT2D eigenvalue weighted by atomic mass is 19.2. The molecule has 0 bridgehead atoms. The van der Waals surface area contributed by atoms with Crippen LogP contribution in [-0.4, -0.2) is 23.2 Å². The van der Waals surface area contributed by atoms with Gasteiger partial charge in [0.2, 0.25) is 0 Å². The van der Waals surface area contributed by atoms with Gasteiger partial charge in [0.1, 0.15) is 11.3 Å². The molecule has 0 unspecified atom stereocenters. The Hall–Kier alpha value is -2.24. The van der Waals surface area contributed by atoms with Gasteiger partial charge in [-0.3, -0.25) is 4.79 Å². The van der Waals surface area contributed by atoms with Crippen LogP contribution in [0.15, 0.2) is 18.2 Å². The number of hydrogen-bond acceptors (Lipinski definition) is 4. The van der Waals surface area contributed by atoms with Gasteiger partial charge in [0, 0.05) is 10.9 Å². The molecule has 1 aromatic heterocycles. The van der Waals surface area contributed by atoms with Gasteiger partial charge in [-0.1, -0.05) is 4.48 Å². The molecule has 0 saturated carbocycles. The molecule has 88 valence electrons. The molecule has 1 amide bonds. The van der Waals surface area contributed by atoms with Crippen LogP contribution in [-0.2, 0) is 0 Å². The van der Waals surface area contributed by atoms with Gasteiger partial charge in [-0.25, -0.2) is 0 Å². The topological polar surface area (TPSA) is 64.1 Å². The van der Waals surface area contributed by atoms with Gasteiger partial charge < -0.3 is 4.74 Å². The van der Waals surface area contributed by atoms with E-state index in [-0.39, 0.29) is 5.56 Å². The molecule has 2 rings (SSSR count). The predicted octanol–water partition coefficient (Wildman–Crippen LogP) is 1.56. The zero-order valence-corrected chi connectivity index (χ0v) is 9.32. The van der Waals surface area contributed by atoms with Crippen molar-refractivity contribution < 1.29 is 14.0 Å². The Labute approximate surface area is 96.5 Å². The second-order valence-corrected chi connectivity index (χ2v) is 3.53. The third-order valence-electron chi connectivity index (χ3n) is 2.34. The molecular weight excluding hydrogens is 225 g/mol. The van der Waals surface area contributed by atoms with Crippen LogP contribution in [0.5, 0.6) is 5.75 Å². The molecular formula is C11H10FN3O2. The van der Waals surface area contributed by atoms with Gasteiger partial charge in [-0.15, -0.1) is 5.10 Å². The lowest BCUT2D eigenvalue weighted by molar-refractivity contribution is 0.0859. The lowest BCUT2D eigenvalue weighted by Gasteiger charge is -2.07. The van der Waals surface area contributed by atoms with Crippen LogP contribution in [0.25, 0.3) is 10.9 Å². The standard InChI is InChI=1S/C11H10FN3O2/c1-6-3-7-4-8(11(16)13-12)5-9(17-2)10(7)15-14-6/h3-5H,1-2H3,(H,13,16). The van der Waals surface area contributed by atoms with Crippen molar-refractivity contribution in [1.82, 2.24) is 15.7 Å². The molecule has 0 aliphatic carbocycles. The van der Waals surface area contributed by atoms with Crippen molar-refractivity contribution in [3.05, 3.63) is 29.5 Å². The van der Waals surface area contributed by atoms with Gasteiger partial charge in [0.05, 0.1) is 12.8 Å². The van der Waals surface area contributed by atoms with Gasteiger partial charge in [0.15, 0.2) is 0 Å². The number of benzene rings is 1. The number of nitrogens with zero attached hydrogens (tertiary/aromatic N) is 2. The number of halogens is 1. The molecule has 1 heterocycles. The zero-order valence-electron chi connectivity index (χ0n) is 9.32. The van der Waals surface area contributed by atoms with E-state index in [2.05, 4.69) is 10.2 Å². The number of hydrogen-bond donors (Lipinski definition) is 1. The quantitative estimate of drug-likeness (QED) is 0.802. The average Bonchev–Trinajstić information content (AvgIpc) is 2.35. The van der Waals surface area contributed by atoms with E-state index < -0.39 is 5.91 Å². The van der Waals surface area contributed by atoms with Crippen molar-refractivity contribution >= 4 is 16.8 Å². The van der Waals surface area contributed by atoms with E-state index in [0.29, 0.717) is 22.3 Å². The Morgan fingerprint density at radius 3 is 2.76 bits per heavy atom. The number of methoxy groups -OCH3 is 1. The normalized spacial score (nSPS) is 10.3. The van der Waals surface area contributed by atoms with Crippen LogP contribution in [0.1, 0.15) is 16.1 Å². The molecule has 1 N–H and O–H groups in total. The monoisotopic (exact) mass is 235 g/mol. The fourth-order valence-electron chi connectivity index (χ4n) is 1.57. The molecule has 0 fully saturated rings. The summed E-state index contributed by atoms with van der Waals surface area (Å²) < 4.78 is 17.2. The summed E-state index contributed by atoms with van der Waals surface area (Å²) in [5.74, 6) is -0.437. The SMILES string of the molecule is COc1cc(C(=O)NF)cc2cc(C)nnc12. The summed E-state index contributed by atoms with van der Waals surface area (Å²) in [6.45, 7) is 1.78. The van der Waals surface area contributed by atoms with Crippen LogP contribution >= 0.6 is 0 Å². The number of carbonyl (C=O) groups excluding carboxylic acids is 1. The van der Waals surface area contributed by atoms with Crippen molar-refractivity contribution in [2.24, 2.45) is 0 Å². The van der Waals surface area contributed by atoms with E-state index in [1.807, 2.05) is 0 Å². The molecule has 1 aromatic carbocycles. The third kappa shape index (κ3) is 2.01. The maximum absolute atomic E-state index is 12.1. The molecule has 5 nitrogen and oxygen atoms in total. The van der Waals surface area contributed by atoms with Crippen molar-refractivity contribution in [2.45, 2.75) is 6.92 Å².